The Hall–Kier alpha value is -0.510. The van der Waals surface area contributed by atoms with Crippen LogP contribution in [0.2, 0.25) is 5.22 Å². The van der Waals surface area contributed by atoms with E-state index in [0.717, 1.165) is 31.8 Å². The quantitative estimate of drug-likeness (QED) is 0.846. The van der Waals surface area contributed by atoms with Crippen molar-refractivity contribution in [3.8, 4) is 0 Å². The third-order valence-electron chi connectivity index (χ3n) is 3.19. The first-order valence-corrected chi connectivity index (χ1v) is 6.77. The van der Waals surface area contributed by atoms with Crippen LogP contribution in [0, 0.1) is 0 Å². The van der Waals surface area contributed by atoms with Crippen LogP contribution >= 0.6 is 11.6 Å². The molecular formula is C13H20ClNO2. The molecule has 0 amide bonds. The zero-order valence-corrected chi connectivity index (χ0v) is 11.0. The number of nitrogens with one attached hydrogen (secondary N) is 1. The maximum Gasteiger partial charge on any atom is 0.193 e. The van der Waals surface area contributed by atoms with Crippen molar-refractivity contribution >= 4 is 11.6 Å². The van der Waals surface area contributed by atoms with Crippen molar-refractivity contribution in [2.75, 3.05) is 13.2 Å². The molecule has 1 fully saturated rings. The molecular weight excluding hydrogens is 238 g/mol. The fourth-order valence-corrected chi connectivity index (χ4v) is 2.48. The van der Waals surface area contributed by atoms with E-state index in [0.29, 0.717) is 11.3 Å². The molecule has 1 aliphatic rings. The van der Waals surface area contributed by atoms with Gasteiger partial charge in [-0.2, -0.15) is 0 Å². The largest absolute Gasteiger partial charge is 0.448 e. The second kappa shape index (κ2) is 6.43. The summed E-state index contributed by atoms with van der Waals surface area (Å²) in [6.45, 7) is 3.95. The second-order valence-corrected chi connectivity index (χ2v) is 4.84. The van der Waals surface area contributed by atoms with E-state index in [9.17, 15) is 0 Å². The highest BCUT2D eigenvalue weighted by molar-refractivity contribution is 6.28. The second-order valence-electron chi connectivity index (χ2n) is 4.46. The minimum Gasteiger partial charge on any atom is -0.448 e. The van der Waals surface area contributed by atoms with Gasteiger partial charge in [0.05, 0.1) is 12.1 Å². The van der Waals surface area contributed by atoms with E-state index < -0.39 is 0 Å². The van der Waals surface area contributed by atoms with Crippen LogP contribution in [-0.2, 0) is 4.74 Å². The molecule has 1 saturated heterocycles. The Balaban J connectivity index is 1.87. The molecule has 2 rings (SSSR count). The van der Waals surface area contributed by atoms with E-state index in [1.165, 1.54) is 12.8 Å². The highest BCUT2D eigenvalue weighted by atomic mass is 35.5. The Labute approximate surface area is 107 Å². The zero-order valence-electron chi connectivity index (χ0n) is 10.2. The predicted molar refractivity (Wildman–Crippen MR) is 68.3 cm³/mol. The molecule has 0 radical (unpaired) electrons. The van der Waals surface area contributed by atoms with E-state index >= 15 is 0 Å². The van der Waals surface area contributed by atoms with Gasteiger partial charge in [0.15, 0.2) is 5.22 Å². The molecule has 1 aromatic rings. The number of furan rings is 1. The van der Waals surface area contributed by atoms with Crippen LogP contribution in [0.15, 0.2) is 16.5 Å². The van der Waals surface area contributed by atoms with Crippen LogP contribution in [0.4, 0.5) is 0 Å². The summed E-state index contributed by atoms with van der Waals surface area (Å²) in [5, 5.41) is 3.89. The number of rotatable bonds is 6. The average Bonchev–Trinajstić information content (AvgIpc) is 2.95. The molecule has 4 heteroatoms. The van der Waals surface area contributed by atoms with Crippen LogP contribution in [0.3, 0.4) is 0 Å². The molecule has 2 heterocycles. The summed E-state index contributed by atoms with van der Waals surface area (Å²) >= 11 is 5.81. The summed E-state index contributed by atoms with van der Waals surface area (Å²) in [5.74, 6) is 0.926. The van der Waals surface area contributed by atoms with Gasteiger partial charge in [0.1, 0.15) is 5.76 Å². The molecule has 0 saturated carbocycles. The summed E-state index contributed by atoms with van der Waals surface area (Å²) in [5.41, 5.74) is 0. The molecule has 96 valence electrons. The summed E-state index contributed by atoms with van der Waals surface area (Å²) in [4.78, 5) is 0. The Morgan fingerprint density at radius 2 is 2.41 bits per heavy atom. The van der Waals surface area contributed by atoms with Crippen LogP contribution in [-0.4, -0.2) is 19.3 Å². The van der Waals surface area contributed by atoms with Crippen LogP contribution < -0.4 is 5.32 Å². The summed E-state index contributed by atoms with van der Waals surface area (Å²) in [6, 6.07) is 4.00. The van der Waals surface area contributed by atoms with Gasteiger partial charge in [-0.15, -0.1) is 0 Å². The number of hydrogen-bond donors (Lipinski definition) is 1. The minimum absolute atomic E-state index is 0.247. The van der Waals surface area contributed by atoms with E-state index in [4.69, 9.17) is 20.8 Å². The van der Waals surface area contributed by atoms with E-state index in [-0.39, 0.29) is 6.04 Å². The monoisotopic (exact) mass is 257 g/mol. The van der Waals surface area contributed by atoms with Crippen molar-refractivity contribution in [2.24, 2.45) is 0 Å². The van der Waals surface area contributed by atoms with Gasteiger partial charge in [0.2, 0.25) is 0 Å². The van der Waals surface area contributed by atoms with E-state index in [1.54, 1.807) is 6.07 Å². The SMILES string of the molecule is CCNC(CCC1CCCO1)c1ccc(Cl)o1. The lowest BCUT2D eigenvalue weighted by Crippen LogP contribution is -2.22. The molecule has 0 spiro atoms. The fourth-order valence-electron chi connectivity index (χ4n) is 2.33. The topological polar surface area (TPSA) is 34.4 Å². The van der Waals surface area contributed by atoms with E-state index in [1.807, 2.05) is 6.07 Å². The molecule has 0 aromatic carbocycles. The average molecular weight is 258 g/mol. The van der Waals surface area contributed by atoms with Crippen molar-refractivity contribution < 1.29 is 9.15 Å². The normalized spacial score (nSPS) is 21.9. The Morgan fingerprint density at radius 1 is 1.53 bits per heavy atom. The molecule has 2 unspecified atom stereocenters. The molecule has 3 nitrogen and oxygen atoms in total. The zero-order chi connectivity index (χ0) is 12.1. The van der Waals surface area contributed by atoms with Gasteiger partial charge < -0.3 is 14.5 Å². The van der Waals surface area contributed by atoms with Gasteiger partial charge in [0.25, 0.3) is 0 Å². The summed E-state index contributed by atoms with van der Waals surface area (Å²) in [7, 11) is 0. The van der Waals surface area contributed by atoms with Gasteiger partial charge in [-0.05, 0) is 56.0 Å². The van der Waals surface area contributed by atoms with Crippen LogP contribution in [0.5, 0.6) is 0 Å². The minimum atomic E-state index is 0.247. The molecule has 1 aromatic heterocycles. The van der Waals surface area contributed by atoms with Crippen LogP contribution in [0.1, 0.15) is 44.4 Å². The maximum absolute atomic E-state index is 5.81. The van der Waals surface area contributed by atoms with Crippen molar-refractivity contribution in [3.05, 3.63) is 23.1 Å². The highest BCUT2D eigenvalue weighted by Crippen LogP contribution is 2.26. The predicted octanol–water partition coefficient (Wildman–Crippen LogP) is 3.54. The molecule has 1 N–H and O–H groups in total. The van der Waals surface area contributed by atoms with Gasteiger partial charge in [-0.3, -0.25) is 0 Å². The maximum atomic E-state index is 5.81. The Bertz CT molecular complexity index is 334. The molecule has 2 atom stereocenters. The van der Waals surface area contributed by atoms with Crippen molar-refractivity contribution in [1.82, 2.24) is 5.32 Å². The Morgan fingerprint density at radius 3 is 3.00 bits per heavy atom. The summed E-state index contributed by atoms with van der Waals surface area (Å²) < 4.78 is 11.1. The number of halogens is 1. The van der Waals surface area contributed by atoms with Crippen molar-refractivity contribution in [3.63, 3.8) is 0 Å². The van der Waals surface area contributed by atoms with Gasteiger partial charge in [-0.25, -0.2) is 0 Å². The Kier molecular flexibility index (Phi) is 4.89. The van der Waals surface area contributed by atoms with Crippen molar-refractivity contribution in [2.45, 2.75) is 44.8 Å². The molecule has 17 heavy (non-hydrogen) atoms. The van der Waals surface area contributed by atoms with Crippen molar-refractivity contribution in [1.29, 1.82) is 0 Å². The smallest absolute Gasteiger partial charge is 0.193 e. The van der Waals surface area contributed by atoms with Gasteiger partial charge in [0, 0.05) is 6.61 Å². The molecule has 0 aliphatic carbocycles. The third kappa shape index (κ3) is 3.73. The lowest BCUT2D eigenvalue weighted by atomic mass is 10.0. The number of ether oxygens (including phenoxy) is 1. The lowest BCUT2D eigenvalue weighted by Gasteiger charge is -2.17. The number of hydrogen-bond acceptors (Lipinski definition) is 3. The first-order chi connectivity index (χ1) is 8.29. The van der Waals surface area contributed by atoms with Gasteiger partial charge >= 0.3 is 0 Å². The van der Waals surface area contributed by atoms with Crippen LogP contribution in [0.25, 0.3) is 0 Å². The fraction of sp³-hybridized carbons (Fsp3) is 0.692. The molecule has 0 bridgehead atoms. The lowest BCUT2D eigenvalue weighted by molar-refractivity contribution is 0.0989. The van der Waals surface area contributed by atoms with Gasteiger partial charge in [-0.1, -0.05) is 6.92 Å². The summed E-state index contributed by atoms with van der Waals surface area (Å²) in [6.07, 6.45) is 4.93. The highest BCUT2D eigenvalue weighted by Gasteiger charge is 2.20. The standard InChI is InChI=1S/C13H20ClNO2/c1-2-15-11(12-7-8-13(14)17-12)6-5-10-4-3-9-16-10/h7-8,10-11,15H,2-6,9H2,1H3. The molecule has 1 aliphatic heterocycles. The third-order valence-corrected chi connectivity index (χ3v) is 3.39. The van der Waals surface area contributed by atoms with E-state index in [2.05, 4.69) is 12.2 Å². The first-order valence-electron chi connectivity index (χ1n) is 6.40. The first kappa shape index (κ1) is 12.9.